The topological polar surface area (TPSA) is 103 Å². The van der Waals surface area contributed by atoms with E-state index in [9.17, 15) is 9.18 Å². The Morgan fingerprint density at radius 3 is 2.50 bits per heavy atom. The van der Waals surface area contributed by atoms with E-state index in [4.69, 9.17) is 30.5 Å². The Kier molecular flexibility index (Phi) is 11.0. The molecule has 1 saturated heterocycles. The van der Waals surface area contributed by atoms with Crippen molar-refractivity contribution in [1.82, 2.24) is 24.6 Å². The lowest BCUT2D eigenvalue weighted by molar-refractivity contribution is 0.101. The van der Waals surface area contributed by atoms with Crippen LogP contribution in [0.15, 0.2) is 67.0 Å². The van der Waals surface area contributed by atoms with Gasteiger partial charge < -0.3 is 34.1 Å². The van der Waals surface area contributed by atoms with Gasteiger partial charge in [0.2, 0.25) is 0 Å². The molecule has 0 saturated carbocycles. The van der Waals surface area contributed by atoms with Crippen LogP contribution >= 0.6 is 11.6 Å². The molecule has 14 heteroatoms. The third-order valence-electron chi connectivity index (χ3n) is 8.22. The maximum atomic E-state index is 15.4. The predicted octanol–water partition coefficient (Wildman–Crippen LogP) is 6.82. The van der Waals surface area contributed by atoms with Gasteiger partial charge in [-0.2, -0.15) is 5.10 Å². The Bertz CT molecular complexity index is 1980. The molecular formula is C36H37ClF2N6O5. The third-order valence-corrected chi connectivity index (χ3v) is 8.52. The number of fused-ring (bicyclic) bond motifs is 1. The Labute approximate surface area is 293 Å². The fourth-order valence-electron chi connectivity index (χ4n) is 5.57. The highest BCUT2D eigenvalue weighted by atomic mass is 35.5. The fraction of sp³-hybridized carbons (Fsp3) is 0.306. The van der Waals surface area contributed by atoms with Crippen LogP contribution in [0.3, 0.4) is 0 Å². The zero-order valence-corrected chi connectivity index (χ0v) is 28.7. The molecular weight excluding hydrogens is 670 g/mol. The monoisotopic (exact) mass is 706 g/mol. The molecule has 262 valence electrons. The normalized spacial score (nSPS) is 13.7. The van der Waals surface area contributed by atoms with Gasteiger partial charge in [-0.3, -0.25) is 9.78 Å². The number of nitrogens with one attached hydrogen (secondary N) is 1. The van der Waals surface area contributed by atoms with Crippen molar-refractivity contribution in [3.63, 3.8) is 0 Å². The van der Waals surface area contributed by atoms with E-state index in [1.54, 1.807) is 38.4 Å². The standard InChI is InChI=1S/C36H37ClF2N6O5/c1-4-48-34-22-45(29-8-6-23(38)18-26(29)37)42-35(34)36(46)41-24-7-9-31(27(39)19-24)50-30-10-11-40-28-21-33(32(47-3)20-25(28)30)49-17-5-12-44-15-13-43(2)14-16-44/h6-11,18-22H,4-5,12-17H2,1-3H3,(H,41,46). The molecule has 50 heavy (non-hydrogen) atoms. The molecule has 1 amide bonds. The Morgan fingerprint density at radius 1 is 0.940 bits per heavy atom. The molecule has 11 nitrogen and oxygen atoms in total. The molecule has 0 atom stereocenters. The summed E-state index contributed by atoms with van der Waals surface area (Å²) in [6.07, 6.45) is 3.91. The summed E-state index contributed by atoms with van der Waals surface area (Å²) in [5, 5.41) is 7.64. The molecule has 6 rings (SSSR count). The van der Waals surface area contributed by atoms with Crippen LogP contribution in [0, 0.1) is 11.6 Å². The molecule has 0 bridgehead atoms. The van der Waals surface area contributed by atoms with Crippen molar-refractivity contribution in [3.05, 3.63) is 89.3 Å². The van der Waals surface area contributed by atoms with Crippen LogP contribution in [0.2, 0.25) is 5.02 Å². The molecule has 2 aromatic heterocycles. The number of carbonyl (C=O) groups excluding carboxylic acids is 1. The van der Waals surface area contributed by atoms with Crippen LogP contribution in [-0.2, 0) is 0 Å². The number of hydrogen-bond donors (Lipinski definition) is 1. The molecule has 5 aromatic rings. The maximum absolute atomic E-state index is 15.4. The minimum absolute atomic E-state index is 0.0658. The highest BCUT2D eigenvalue weighted by Crippen LogP contribution is 2.38. The van der Waals surface area contributed by atoms with Crippen LogP contribution in [0.1, 0.15) is 23.8 Å². The minimum atomic E-state index is -0.714. The van der Waals surface area contributed by atoms with Gasteiger partial charge >= 0.3 is 0 Å². The summed E-state index contributed by atoms with van der Waals surface area (Å²) < 4.78 is 53.6. The number of methoxy groups -OCH3 is 1. The van der Waals surface area contributed by atoms with E-state index in [1.807, 2.05) is 0 Å². The molecule has 1 fully saturated rings. The number of anilines is 1. The van der Waals surface area contributed by atoms with Crippen LogP contribution in [0.25, 0.3) is 16.6 Å². The van der Waals surface area contributed by atoms with Gasteiger partial charge in [0.25, 0.3) is 5.91 Å². The van der Waals surface area contributed by atoms with E-state index >= 15 is 4.39 Å². The van der Waals surface area contributed by atoms with Crippen LogP contribution in [0.4, 0.5) is 14.5 Å². The number of nitrogens with zero attached hydrogens (tertiary/aromatic N) is 5. The van der Waals surface area contributed by atoms with Gasteiger partial charge in [-0.25, -0.2) is 13.5 Å². The van der Waals surface area contributed by atoms with E-state index < -0.39 is 17.5 Å². The lowest BCUT2D eigenvalue weighted by Crippen LogP contribution is -2.44. The Morgan fingerprint density at radius 2 is 1.76 bits per heavy atom. The number of rotatable bonds is 13. The van der Waals surface area contributed by atoms with Crippen molar-refractivity contribution >= 4 is 34.1 Å². The smallest absolute Gasteiger partial charge is 0.280 e. The number of carbonyl (C=O) groups is 1. The molecule has 1 aliphatic rings. The first kappa shape index (κ1) is 34.9. The Hall–Kier alpha value is -4.98. The second-order valence-electron chi connectivity index (χ2n) is 11.7. The molecule has 3 aromatic carbocycles. The van der Waals surface area contributed by atoms with Gasteiger partial charge in [-0.1, -0.05) is 11.6 Å². The van der Waals surface area contributed by atoms with Gasteiger partial charge in [0.15, 0.2) is 34.5 Å². The van der Waals surface area contributed by atoms with Crippen molar-refractivity contribution in [2.45, 2.75) is 13.3 Å². The summed E-state index contributed by atoms with van der Waals surface area (Å²) >= 11 is 6.19. The maximum Gasteiger partial charge on any atom is 0.280 e. The summed E-state index contributed by atoms with van der Waals surface area (Å²) in [5.74, 6) is -0.346. The number of ether oxygens (including phenoxy) is 4. The molecule has 3 heterocycles. The largest absolute Gasteiger partial charge is 0.493 e. The summed E-state index contributed by atoms with van der Waals surface area (Å²) in [6.45, 7) is 7.74. The number of aromatic nitrogens is 3. The second-order valence-corrected chi connectivity index (χ2v) is 12.1. The van der Waals surface area contributed by atoms with Crippen molar-refractivity contribution < 1.29 is 32.5 Å². The molecule has 0 aliphatic carbocycles. The summed E-state index contributed by atoms with van der Waals surface area (Å²) in [4.78, 5) is 22.5. The van der Waals surface area contributed by atoms with E-state index in [0.29, 0.717) is 40.4 Å². The zero-order valence-electron chi connectivity index (χ0n) is 27.9. The fourth-order valence-corrected chi connectivity index (χ4v) is 5.82. The molecule has 1 N–H and O–H groups in total. The van der Waals surface area contributed by atoms with E-state index in [2.05, 4.69) is 32.2 Å². The first-order chi connectivity index (χ1) is 24.2. The number of pyridine rings is 1. The Balaban J connectivity index is 1.14. The number of benzene rings is 3. The van der Waals surface area contributed by atoms with Crippen molar-refractivity contribution in [3.8, 4) is 34.4 Å². The van der Waals surface area contributed by atoms with Gasteiger partial charge in [-0.15, -0.1) is 0 Å². The average molecular weight is 707 g/mol. The molecule has 0 radical (unpaired) electrons. The van der Waals surface area contributed by atoms with Gasteiger partial charge in [-0.05, 0) is 62.9 Å². The second kappa shape index (κ2) is 15.7. The molecule has 1 aliphatic heterocycles. The van der Waals surface area contributed by atoms with E-state index in [0.717, 1.165) is 51.3 Å². The van der Waals surface area contributed by atoms with Gasteiger partial charge in [0, 0.05) is 62.1 Å². The highest BCUT2D eigenvalue weighted by molar-refractivity contribution is 6.32. The van der Waals surface area contributed by atoms with E-state index in [1.165, 1.54) is 35.1 Å². The quantitative estimate of drug-likeness (QED) is 0.132. The average Bonchev–Trinajstić information content (AvgIpc) is 3.52. The number of likely N-dealkylation sites (N-methyl/N-ethyl adjacent to an activating group) is 1. The summed E-state index contributed by atoms with van der Waals surface area (Å²) in [7, 11) is 3.70. The highest BCUT2D eigenvalue weighted by Gasteiger charge is 2.21. The van der Waals surface area contributed by atoms with Gasteiger partial charge in [0.1, 0.15) is 11.6 Å². The van der Waals surface area contributed by atoms with Crippen molar-refractivity contribution in [2.24, 2.45) is 0 Å². The first-order valence-corrected chi connectivity index (χ1v) is 16.6. The zero-order chi connectivity index (χ0) is 35.2. The van der Waals surface area contributed by atoms with Crippen LogP contribution < -0.4 is 24.3 Å². The van der Waals surface area contributed by atoms with E-state index in [-0.39, 0.29) is 34.5 Å². The number of hydrogen-bond acceptors (Lipinski definition) is 9. The SMILES string of the molecule is CCOc1cn(-c2ccc(F)cc2Cl)nc1C(=O)Nc1ccc(Oc2ccnc3cc(OCCCN4CCN(C)CC4)c(OC)cc23)c(F)c1. The summed E-state index contributed by atoms with van der Waals surface area (Å²) in [6, 6.07) is 13.0. The molecule has 0 spiro atoms. The lowest BCUT2D eigenvalue weighted by atomic mass is 10.1. The number of halogens is 3. The van der Waals surface area contributed by atoms with Crippen LogP contribution in [0.5, 0.6) is 28.7 Å². The van der Waals surface area contributed by atoms with Crippen molar-refractivity contribution in [2.75, 3.05) is 65.4 Å². The van der Waals surface area contributed by atoms with Crippen LogP contribution in [-0.4, -0.2) is 90.6 Å². The predicted molar refractivity (Wildman–Crippen MR) is 186 cm³/mol. The minimum Gasteiger partial charge on any atom is -0.493 e. The third kappa shape index (κ3) is 8.07. The summed E-state index contributed by atoms with van der Waals surface area (Å²) in [5.41, 5.74) is 1.03. The number of amides is 1. The van der Waals surface area contributed by atoms with Crippen molar-refractivity contribution in [1.29, 1.82) is 0 Å². The van der Waals surface area contributed by atoms with Gasteiger partial charge in [0.05, 0.1) is 42.7 Å². The number of piperazine rings is 1. The first-order valence-electron chi connectivity index (χ1n) is 16.2. The molecule has 0 unspecified atom stereocenters. The lowest BCUT2D eigenvalue weighted by Gasteiger charge is -2.32.